The van der Waals surface area contributed by atoms with Crippen molar-refractivity contribution in [3.8, 4) is 11.4 Å². The van der Waals surface area contributed by atoms with Crippen molar-refractivity contribution >= 4 is 11.7 Å². The number of hydrogen-bond acceptors (Lipinski definition) is 7. The number of anilines is 1. The molecule has 1 saturated carbocycles. The van der Waals surface area contributed by atoms with Crippen LogP contribution < -0.4 is 10.1 Å². The number of aryl methyl sites for hydroxylation is 1. The average molecular weight is 405 g/mol. The lowest BCUT2D eigenvalue weighted by atomic mass is 10.0. The average Bonchev–Trinajstić information content (AvgIpc) is 3.52. The van der Waals surface area contributed by atoms with Crippen molar-refractivity contribution in [3.63, 3.8) is 0 Å². The molecule has 3 atom stereocenters. The van der Waals surface area contributed by atoms with Gasteiger partial charge in [0, 0.05) is 18.7 Å². The molecule has 1 N–H and O–H groups in total. The highest BCUT2D eigenvalue weighted by Crippen LogP contribution is 2.40. The van der Waals surface area contributed by atoms with E-state index in [0.717, 1.165) is 30.9 Å². The van der Waals surface area contributed by atoms with E-state index in [1.165, 1.54) is 4.80 Å². The number of nitrogens with one attached hydrogen (secondary N) is 1. The summed E-state index contributed by atoms with van der Waals surface area (Å²) in [6, 6.07) is 5.66. The van der Waals surface area contributed by atoms with E-state index in [0.29, 0.717) is 22.9 Å². The molecule has 30 heavy (non-hydrogen) atoms. The molecule has 1 aromatic carbocycles. The lowest BCUT2D eigenvalue weighted by Gasteiger charge is -2.34. The lowest BCUT2D eigenvalue weighted by Crippen LogP contribution is -2.48. The number of ether oxygens (including phenoxy) is 1. The van der Waals surface area contributed by atoms with Gasteiger partial charge in [0.05, 0.1) is 49.2 Å². The summed E-state index contributed by atoms with van der Waals surface area (Å²) in [6.07, 6.45) is 8.70. The Labute approximate surface area is 174 Å². The molecule has 0 radical (unpaired) electrons. The van der Waals surface area contributed by atoms with Gasteiger partial charge in [-0.2, -0.15) is 15.0 Å². The minimum Gasteiger partial charge on any atom is -0.497 e. The second-order valence-corrected chi connectivity index (χ2v) is 7.86. The lowest BCUT2D eigenvalue weighted by molar-refractivity contribution is 0.0691. The smallest absolute Gasteiger partial charge is 0.256 e. The van der Waals surface area contributed by atoms with Crippen LogP contribution in [0.1, 0.15) is 28.9 Å². The molecule has 2 aromatic heterocycles. The molecule has 9 heteroatoms. The van der Waals surface area contributed by atoms with Crippen molar-refractivity contribution < 1.29 is 9.53 Å². The van der Waals surface area contributed by atoms with E-state index in [2.05, 4.69) is 25.5 Å². The monoisotopic (exact) mass is 405 g/mol. The van der Waals surface area contributed by atoms with Crippen LogP contribution in [0.15, 0.2) is 43.0 Å². The number of methoxy groups -OCH3 is 1. The van der Waals surface area contributed by atoms with Crippen LogP contribution in [-0.4, -0.2) is 61.5 Å². The number of fused-ring (bicyclic) bond motifs is 2. The Morgan fingerprint density at radius 3 is 2.70 bits per heavy atom. The molecular weight excluding hydrogens is 382 g/mol. The van der Waals surface area contributed by atoms with Gasteiger partial charge in [0.1, 0.15) is 17.3 Å². The number of amides is 1. The number of piperidine rings is 1. The molecule has 1 saturated heterocycles. The van der Waals surface area contributed by atoms with Crippen molar-refractivity contribution in [3.05, 3.63) is 54.2 Å². The van der Waals surface area contributed by atoms with Gasteiger partial charge in [-0.15, -0.1) is 0 Å². The van der Waals surface area contributed by atoms with Crippen molar-refractivity contribution in [2.75, 3.05) is 19.0 Å². The van der Waals surface area contributed by atoms with Gasteiger partial charge in [-0.05, 0) is 37.8 Å². The largest absolute Gasteiger partial charge is 0.497 e. The van der Waals surface area contributed by atoms with Gasteiger partial charge in [-0.25, -0.2) is 4.98 Å². The molecule has 3 aromatic rings. The molecule has 9 nitrogen and oxygen atoms in total. The molecule has 1 aliphatic carbocycles. The number of carbonyl (C=O) groups excluding carboxylic acids is 1. The van der Waals surface area contributed by atoms with Crippen molar-refractivity contribution in [1.82, 2.24) is 29.9 Å². The fourth-order valence-corrected chi connectivity index (χ4v) is 4.55. The Hall–Kier alpha value is -3.49. The standard InChI is InChI=1S/C21H23N7O2/c1-13-10-23-20(11-22-13)26-17-7-14-8-19(17)27(12-14)21(29)16-4-3-15(30-2)9-18(16)28-24-5-6-25-28/h3-6,9-11,14,17,19H,7-8,12H2,1-2H3,(H,23,26). The highest BCUT2D eigenvalue weighted by atomic mass is 16.5. The second kappa shape index (κ2) is 7.40. The highest BCUT2D eigenvalue weighted by Gasteiger charge is 2.47. The molecule has 154 valence electrons. The molecule has 2 fully saturated rings. The van der Waals surface area contributed by atoms with E-state index >= 15 is 0 Å². The first-order chi connectivity index (χ1) is 14.6. The topological polar surface area (TPSA) is 98.1 Å². The summed E-state index contributed by atoms with van der Waals surface area (Å²) in [5.74, 6) is 1.87. The number of hydrogen-bond donors (Lipinski definition) is 1. The zero-order valence-corrected chi connectivity index (χ0v) is 16.9. The van der Waals surface area contributed by atoms with Crippen LogP contribution in [0.2, 0.25) is 0 Å². The van der Waals surface area contributed by atoms with Crippen LogP contribution >= 0.6 is 0 Å². The Kier molecular flexibility index (Phi) is 4.57. The van der Waals surface area contributed by atoms with E-state index in [4.69, 9.17) is 4.74 Å². The molecule has 0 spiro atoms. The normalized spacial score (nSPS) is 22.3. The first-order valence-electron chi connectivity index (χ1n) is 10.0. The van der Waals surface area contributed by atoms with Gasteiger partial charge in [0.2, 0.25) is 0 Å². The Morgan fingerprint density at radius 1 is 1.17 bits per heavy atom. The molecule has 5 rings (SSSR count). The van der Waals surface area contributed by atoms with E-state index in [1.54, 1.807) is 50.1 Å². The fraction of sp³-hybridized carbons (Fsp3) is 0.381. The number of rotatable bonds is 5. The molecule has 2 aliphatic rings. The van der Waals surface area contributed by atoms with E-state index in [-0.39, 0.29) is 18.0 Å². The fourth-order valence-electron chi connectivity index (χ4n) is 4.55. The number of aromatic nitrogens is 5. The van der Waals surface area contributed by atoms with Crippen LogP contribution in [0.3, 0.4) is 0 Å². The van der Waals surface area contributed by atoms with E-state index < -0.39 is 0 Å². The predicted molar refractivity (Wildman–Crippen MR) is 110 cm³/mol. The Morgan fingerprint density at radius 2 is 2.00 bits per heavy atom. The minimum atomic E-state index is -0.0149. The molecule has 1 aliphatic heterocycles. The van der Waals surface area contributed by atoms with Crippen LogP contribution in [0.4, 0.5) is 5.82 Å². The predicted octanol–water partition coefficient (Wildman–Crippen LogP) is 2.09. The summed E-state index contributed by atoms with van der Waals surface area (Å²) in [7, 11) is 1.60. The van der Waals surface area contributed by atoms with Crippen molar-refractivity contribution in [1.29, 1.82) is 0 Å². The van der Waals surface area contributed by atoms with Crippen molar-refractivity contribution in [2.24, 2.45) is 5.92 Å². The summed E-state index contributed by atoms with van der Waals surface area (Å²) >= 11 is 0. The van der Waals surface area contributed by atoms with Gasteiger partial charge >= 0.3 is 0 Å². The van der Waals surface area contributed by atoms with Gasteiger partial charge in [-0.1, -0.05) is 0 Å². The van der Waals surface area contributed by atoms with E-state index in [1.807, 2.05) is 11.8 Å². The first-order valence-corrected chi connectivity index (χ1v) is 10.0. The number of likely N-dealkylation sites (tertiary alicyclic amines) is 1. The third-order valence-corrected chi connectivity index (χ3v) is 5.93. The number of benzene rings is 1. The maximum Gasteiger partial charge on any atom is 0.256 e. The minimum absolute atomic E-state index is 0.0149. The summed E-state index contributed by atoms with van der Waals surface area (Å²) in [5, 5.41) is 11.9. The van der Waals surface area contributed by atoms with Crippen LogP contribution in [-0.2, 0) is 0 Å². The molecule has 2 bridgehead atoms. The Bertz CT molecular complexity index is 1050. The Balaban J connectivity index is 1.41. The van der Waals surface area contributed by atoms with Gasteiger partial charge in [0.15, 0.2) is 0 Å². The van der Waals surface area contributed by atoms with E-state index in [9.17, 15) is 4.79 Å². The van der Waals surface area contributed by atoms with Crippen LogP contribution in [0, 0.1) is 12.8 Å². The number of nitrogens with zero attached hydrogens (tertiary/aromatic N) is 6. The first kappa shape index (κ1) is 18.5. The molecule has 3 heterocycles. The molecule has 3 unspecified atom stereocenters. The highest BCUT2D eigenvalue weighted by molar-refractivity contribution is 5.98. The summed E-state index contributed by atoms with van der Waals surface area (Å²) in [6.45, 7) is 2.68. The maximum atomic E-state index is 13.6. The molecule has 1 amide bonds. The van der Waals surface area contributed by atoms with Gasteiger partial charge in [0.25, 0.3) is 5.91 Å². The zero-order valence-electron chi connectivity index (χ0n) is 16.9. The maximum absolute atomic E-state index is 13.6. The summed E-state index contributed by atoms with van der Waals surface area (Å²) in [4.78, 5) is 25.7. The van der Waals surface area contributed by atoms with Gasteiger partial charge in [-0.3, -0.25) is 9.78 Å². The third-order valence-electron chi connectivity index (χ3n) is 5.93. The quantitative estimate of drug-likeness (QED) is 0.694. The van der Waals surface area contributed by atoms with Crippen molar-refractivity contribution in [2.45, 2.75) is 31.8 Å². The summed E-state index contributed by atoms with van der Waals surface area (Å²) < 4.78 is 5.34. The zero-order chi connectivity index (χ0) is 20.7. The SMILES string of the molecule is COc1ccc(C(=O)N2CC3CC(Nc4cnc(C)cn4)C2C3)c(-n2nccn2)c1. The number of carbonyl (C=O) groups is 1. The van der Waals surface area contributed by atoms with Gasteiger partial charge < -0.3 is 15.0 Å². The second-order valence-electron chi connectivity index (χ2n) is 7.86. The van der Waals surface area contributed by atoms with Crippen LogP contribution in [0.5, 0.6) is 5.75 Å². The summed E-state index contributed by atoms with van der Waals surface area (Å²) in [5.41, 5.74) is 2.05. The van der Waals surface area contributed by atoms with Crippen LogP contribution in [0.25, 0.3) is 5.69 Å². The third kappa shape index (κ3) is 3.26. The molecular formula is C21H23N7O2.